The molecule has 0 bridgehead atoms. The summed E-state index contributed by atoms with van der Waals surface area (Å²) in [5.41, 5.74) is 0. The molecule has 0 amide bonds. The summed E-state index contributed by atoms with van der Waals surface area (Å²) in [5.74, 6) is 1.89. The number of nitrogens with zero attached hydrogens (tertiary/aromatic N) is 2. The van der Waals surface area contributed by atoms with E-state index in [4.69, 9.17) is 26.1 Å². The first-order valence-corrected chi connectivity index (χ1v) is 10.1. The number of thiocarbonyl (C=S) groups is 1. The van der Waals surface area contributed by atoms with E-state index in [1.54, 1.807) is 0 Å². The van der Waals surface area contributed by atoms with Crippen molar-refractivity contribution in [3.05, 3.63) is 23.7 Å². The van der Waals surface area contributed by atoms with E-state index >= 15 is 0 Å². The van der Waals surface area contributed by atoms with Crippen LogP contribution in [0.25, 0.3) is 0 Å². The second-order valence-electron chi connectivity index (χ2n) is 7.06. The molecule has 1 N–H and O–H groups in total. The minimum absolute atomic E-state index is 0.286. The first-order valence-electron chi connectivity index (χ1n) is 9.70. The van der Waals surface area contributed by atoms with Gasteiger partial charge in [0.05, 0.1) is 25.9 Å². The average molecular weight is 382 g/mol. The lowest BCUT2D eigenvalue weighted by Crippen LogP contribution is -2.44. The lowest BCUT2D eigenvalue weighted by Gasteiger charge is -2.29. The molecule has 0 saturated carbocycles. The van der Waals surface area contributed by atoms with Crippen molar-refractivity contribution in [2.75, 3.05) is 52.5 Å². The van der Waals surface area contributed by atoms with Gasteiger partial charge in [-0.15, -0.1) is 0 Å². The molecule has 1 atom stereocenters. The van der Waals surface area contributed by atoms with Crippen LogP contribution in [0.4, 0.5) is 0 Å². The van der Waals surface area contributed by atoms with Gasteiger partial charge in [0.1, 0.15) is 11.5 Å². The van der Waals surface area contributed by atoms with Gasteiger partial charge in [-0.1, -0.05) is 0 Å². The third kappa shape index (κ3) is 6.23. The molecule has 2 aliphatic rings. The number of ether oxygens (including phenoxy) is 2. The SMILES string of the molecule is Cc1ccc(CN(CCCN2CCOCC2)C(=S)NCC2CCCO2)o1. The number of furan rings is 1. The van der Waals surface area contributed by atoms with Crippen LogP contribution in [0.1, 0.15) is 30.8 Å². The first kappa shape index (κ1) is 19.6. The van der Waals surface area contributed by atoms with Crippen molar-refractivity contribution in [1.82, 2.24) is 15.1 Å². The van der Waals surface area contributed by atoms with Gasteiger partial charge >= 0.3 is 0 Å². The maximum atomic E-state index is 5.76. The molecule has 0 radical (unpaired) electrons. The second-order valence-corrected chi connectivity index (χ2v) is 7.45. The van der Waals surface area contributed by atoms with Gasteiger partial charge in [-0.2, -0.15) is 0 Å². The Balaban J connectivity index is 1.48. The Morgan fingerprint density at radius 1 is 1.31 bits per heavy atom. The van der Waals surface area contributed by atoms with E-state index < -0.39 is 0 Å². The zero-order chi connectivity index (χ0) is 18.2. The Labute approximate surface area is 161 Å². The Bertz CT molecular complexity index is 554. The molecular formula is C19H31N3O3S. The lowest BCUT2D eigenvalue weighted by molar-refractivity contribution is 0.0367. The number of aryl methyl sites for hydroxylation is 1. The Morgan fingerprint density at radius 3 is 2.85 bits per heavy atom. The van der Waals surface area contributed by atoms with Crippen LogP contribution in [0, 0.1) is 6.92 Å². The van der Waals surface area contributed by atoms with Gasteiger partial charge in [0.2, 0.25) is 0 Å². The van der Waals surface area contributed by atoms with Crippen molar-refractivity contribution < 1.29 is 13.9 Å². The molecule has 1 unspecified atom stereocenters. The molecule has 2 fully saturated rings. The molecule has 7 heteroatoms. The van der Waals surface area contributed by atoms with E-state index in [1.807, 2.05) is 19.1 Å². The van der Waals surface area contributed by atoms with Crippen LogP contribution < -0.4 is 5.32 Å². The van der Waals surface area contributed by atoms with Gasteiger partial charge in [0.25, 0.3) is 0 Å². The van der Waals surface area contributed by atoms with Crippen molar-refractivity contribution in [3.8, 4) is 0 Å². The summed E-state index contributed by atoms with van der Waals surface area (Å²) in [6.07, 6.45) is 3.62. The Morgan fingerprint density at radius 2 is 2.15 bits per heavy atom. The molecule has 0 aromatic carbocycles. The molecule has 3 rings (SSSR count). The normalized spacial score (nSPS) is 21.0. The van der Waals surface area contributed by atoms with E-state index in [0.717, 1.165) is 88.4 Å². The fourth-order valence-electron chi connectivity index (χ4n) is 3.44. The Kier molecular flexibility index (Phi) is 7.73. The van der Waals surface area contributed by atoms with Crippen LogP contribution in [-0.4, -0.2) is 73.6 Å². The number of rotatable bonds is 8. The average Bonchev–Trinajstić information content (AvgIpc) is 3.31. The number of hydrogen-bond donors (Lipinski definition) is 1. The third-order valence-corrected chi connectivity index (χ3v) is 5.34. The van der Waals surface area contributed by atoms with Gasteiger partial charge < -0.3 is 24.1 Å². The zero-order valence-electron chi connectivity index (χ0n) is 15.7. The maximum absolute atomic E-state index is 5.76. The minimum atomic E-state index is 0.286. The number of hydrogen-bond acceptors (Lipinski definition) is 5. The van der Waals surface area contributed by atoms with E-state index in [2.05, 4.69) is 15.1 Å². The highest BCUT2D eigenvalue weighted by molar-refractivity contribution is 7.80. The van der Waals surface area contributed by atoms with Crippen LogP contribution in [0.3, 0.4) is 0 Å². The lowest BCUT2D eigenvalue weighted by atomic mass is 10.2. The predicted octanol–water partition coefficient (Wildman–Crippen LogP) is 2.17. The van der Waals surface area contributed by atoms with Gasteiger partial charge in [-0.05, 0) is 50.5 Å². The summed E-state index contributed by atoms with van der Waals surface area (Å²) in [6.45, 7) is 10.1. The molecule has 146 valence electrons. The van der Waals surface area contributed by atoms with E-state index in [-0.39, 0.29) is 6.10 Å². The summed E-state index contributed by atoms with van der Waals surface area (Å²) in [7, 11) is 0. The van der Waals surface area contributed by atoms with Crippen molar-refractivity contribution in [2.45, 2.75) is 38.8 Å². The van der Waals surface area contributed by atoms with Crippen LogP contribution >= 0.6 is 12.2 Å². The fraction of sp³-hybridized carbons (Fsp3) is 0.737. The fourth-order valence-corrected chi connectivity index (χ4v) is 3.68. The summed E-state index contributed by atoms with van der Waals surface area (Å²) >= 11 is 5.67. The van der Waals surface area contributed by atoms with Gasteiger partial charge in [-0.3, -0.25) is 4.90 Å². The molecule has 6 nitrogen and oxygen atoms in total. The van der Waals surface area contributed by atoms with Crippen LogP contribution in [0.5, 0.6) is 0 Å². The van der Waals surface area contributed by atoms with Crippen molar-refractivity contribution in [2.24, 2.45) is 0 Å². The van der Waals surface area contributed by atoms with E-state index in [9.17, 15) is 0 Å². The predicted molar refractivity (Wildman–Crippen MR) is 105 cm³/mol. The number of morpholine rings is 1. The molecular weight excluding hydrogens is 350 g/mol. The van der Waals surface area contributed by atoms with Crippen LogP contribution in [0.15, 0.2) is 16.5 Å². The quantitative estimate of drug-likeness (QED) is 0.693. The molecule has 1 aromatic heterocycles. The second kappa shape index (κ2) is 10.3. The summed E-state index contributed by atoms with van der Waals surface area (Å²) < 4.78 is 16.9. The molecule has 3 heterocycles. The van der Waals surface area contributed by atoms with Gasteiger partial charge in [-0.25, -0.2) is 0 Å². The standard InChI is InChI=1S/C19H31N3O3S/c1-16-5-6-18(25-16)15-22(8-3-7-21-9-12-23-13-10-21)19(26)20-14-17-4-2-11-24-17/h5-6,17H,2-4,7-15H2,1H3,(H,20,26). The number of nitrogens with one attached hydrogen (secondary N) is 1. The molecule has 1 aromatic rings. The van der Waals surface area contributed by atoms with Crippen LogP contribution in [-0.2, 0) is 16.0 Å². The molecule has 0 spiro atoms. The summed E-state index contributed by atoms with van der Waals surface area (Å²) in [5, 5.41) is 4.19. The monoisotopic (exact) mass is 381 g/mol. The van der Waals surface area contributed by atoms with E-state index in [0.29, 0.717) is 6.54 Å². The van der Waals surface area contributed by atoms with E-state index in [1.165, 1.54) is 0 Å². The summed E-state index contributed by atoms with van der Waals surface area (Å²) in [6, 6.07) is 4.04. The van der Waals surface area contributed by atoms with Gasteiger partial charge in [0, 0.05) is 39.3 Å². The topological polar surface area (TPSA) is 50.1 Å². The minimum Gasteiger partial charge on any atom is -0.464 e. The zero-order valence-corrected chi connectivity index (χ0v) is 16.6. The molecule has 2 saturated heterocycles. The third-order valence-electron chi connectivity index (χ3n) is 4.94. The highest BCUT2D eigenvalue weighted by Gasteiger charge is 2.18. The van der Waals surface area contributed by atoms with Crippen molar-refractivity contribution >= 4 is 17.3 Å². The van der Waals surface area contributed by atoms with Crippen LogP contribution in [0.2, 0.25) is 0 Å². The smallest absolute Gasteiger partial charge is 0.169 e. The van der Waals surface area contributed by atoms with Gasteiger partial charge in [0.15, 0.2) is 5.11 Å². The largest absolute Gasteiger partial charge is 0.464 e. The highest BCUT2D eigenvalue weighted by atomic mass is 32.1. The van der Waals surface area contributed by atoms with Crippen molar-refractivity contribution in [1.29, 1.82) is 0 Å². The van der Waals surface area contributed by atoms with Crippen molar-refractivity contribution in [3.63, 3.8) is 0 Å². The maximum Gasteiger partial charge on any atom is 0.169 e. The highest BCUT2D eigenvalue weighted by Crippen LogP contribution is 2.13. The first-order chi connectivity index (χ1) is 12.7. The Hall–Kier alpha value is -1.15. The molecule has 0 aliphatic carbocycles. The molecule has 26 heavy (non-hydrogen) atoms. The molecule has 2 aliphatic heterocycles. The summed E-state index contributed by atoms with van der Waals surface area (Å²) in [4.78, 5) is 4.67.